The Kier molecular flexibility index (Phi) is 11.7. The standard InChI is InChI=1S/C35H37Cl2N3O4S/c1-25(2)22-38-35(42)33(20-27-10-6-4-7-11-27)39(23-28-15-18-29(36)19-16-28)34(41)24-40(32-21-30(37)17-14-26(32)3)45(43,44)31-12-8-5-9-13-31/h4-19,21,25,33H,20,22-24H2,1-3H3,(H,38,42). The largest absolute Gasteiger partial charge is 0.354 e. The summed E-state index contributed by atoms with van der Waals surface area (Å²) in [4.78, 5) is 29.8. The van der Waals surface area contributed by atoms with Crippen LogP contribution in [0.1, 0.15) is 30.5 Å². The highest BCUT2D eigenvalue weighted by Gasteiger charge is 2.35. The van der Waals surface area contributed by atoms with E-state index in [-0.39, 0.29) is 35.4 Å². The summed E-state index contributed by atoms with van der Waals surface area (Å²) in [6.07, 6.45) is 0.228. The number of sulfonamides is 1. The number of aryl methyl sites for hydroxylation is 1. The average molecular weight is 667 g/mol. The molecule has 1 atom stereocenters. The Morgan fingerprint density at radius 1 is 0.800 bits per heavy atom. The minimum Gasteiger partial charge on any atom is -0.354 e. The van der Waals surface area contributed by atoms with E-state index in [0.717, 1.165) is 15.4 Å². The summed E-state index contributed by atoms with van der Waals surface area (Å²) in [5.41, 5.74) is 2.48. The fourth-order valence-electron chi connectivity index (χ4n) is 4.85. The molecule has 1 N–H and O–H groups in total. The van der Waals surface area contributed by atoms with E-state index in [1.807, 2.05) is 44.2 Å². The molecule has 0 heterocycles. The summed E-state index contributed by atoms with van der Waals surface area (Å²) < 4.78 is 29.4. The number of nitrogens with zero attached hydrogens (tertiary/aromatic N) is 2. The molecule has 10 heteroatoms. The second-order valence-electron chi connectivity index (χ2n) is 11.2. The summed E-state index contributed by atoms with van der Waals surface area (Å²) in [6.45, 7) is 5.65. The Morgan fingerprint density at radius 3 is 2.02 bits per heavy atom. The lowest BCUT2D eigenvalue weighted by Gasteiger charge is -2.34. The minimum atomic E-state index is -4.22. The molecule has 4 aromatic carbocycles. The first-order chi connectivity index (χ1) is 21.5. The van der Waals surface area contributed by atoms with Gasteiger partial charge in [0.2, 0.25) is 11.8 Å². The van der Waals surface area contributed by atoms with Gasteiger partial charge < -0.3 is 10.2 Å². The highest BCUT2D eigenvalue weighted by atomic mass is 35.5. The first-order valence-electron chi connectivity index (χ1n) is 14.6. The molecule has 4 aromatic rings. The van der Waals surface area contributed by atoms with Crippen LogP contribution < -0.4 is 9.62 Å². The number of carbonyl (C=O) groups is 2. The van der Waals surface area contributed by atoms with Crippen LogP contribution in [-0.4, -0.2) is 44.3 Å². The van der Waals surface area contributed by atoms with Crippen LogP contribution in [0.2, 0.25) is 10.0 Å². The van der Waals surface area contributed by atoms with Crippen molar-refractivity contribution in [3.8, 4) is 0 Å². The summed E-state index contributed by atoms with van der Waals surface area (Å²) in [5, 5.41) is 3.84. The van der Waals surface area contributed by atoms with Crippen molar-refractivity contribution in [2.75, 3.05) is 17.4 Å². The molecule has 4 rings (SSSR count). The van der Waals surface area contributed by atoms with Crippen LogP contribution in [0.25, 0.3) is 0 Å². The molecule has 0 fully saturated rings. The van der Waals surface area contributed by atoms with E-state index in [1.54, 1.807) is 61.5 Å². The van der Waals surface area contributed by atoms with Crippen LogP contribution in [0, 0.1) is 12.8 Å². The fraction of sp³-hybridized carbons (Fsp3) is 0.257. The summed E-state index contributed by atoms with van der Waals surface area (Å²) in [6, 6.07) is 28.3. The van der Waals surface area contributed by atoms with Gasteiger partial charge in [-0.15, -0.1) is 0 Å². The van der Waals surface area contributed by atoms with Gasteiger partial charge in [0.15, 0.2) is 0 Å². The SMILES string of the molecule is Cc1ccc(Cl)cc1N(CC(=O)N(Cc1ccc(Cl)cc1)C(Cc1ccccc1)C(=O)NCC(C)C)S(=O)(=O)c1ccccc1. The molecule has 0 aliphatic rings. The number of nitrogens with one attached hydrogen (secondary N) is 1. The molecule has 0 aromatic heterocycles. The number of hydrogen-bond donors (Lipinski definition) is 1. The molecule has 0 spiro atoms. The van der Waals surface area contributed by atoms with Gasteiger partial charge in [-0.2, -0.15) is 0 Å². The monoisotopic (exact) mass is 665 g/mol. The van der Waals surface area contributed by atoms with E-state index in [9.17, 15) is 18.0 Å². The van der Waals surface area contributed by atoms with Gasteiger partial charge in [-0.3, -0.25) is 13.9 Å². The predicted octanol–water partition coefficient (Wildman–Crippen LogP) is 6.91. The van der Waals surface area contributed by atoms with Crippen molar-refractivity contribution < 1.29 is 18.0 Å². The molecule has 7 nitrogen and oxygen atoms in total. The van der Waals surface area contributed by atoms with E-state index >= 15 is 0 Å². The highest BCUT2D eigenvalue weighted by Crippen LogP contribution is 2.30. The van der Waals surface area contributed by atoms with Crippen molar-refractivity contribution in [2.45, 2.75) is 44.7 Å². The molecule has 1 unspecified atom stereocenters. The topological polar surface area (TPSA) is 86.8 Å². The van der Waals surface area contributed by atoms with Crippen LogP contribution in [0.5, 0.6) is 0 Å². The first kappa shape index (κ1) is 34.0. The molecule has 2 amide bonds. The Bertz CT molecular complexity index is 1700. The molecule has 0 aliphatic carbocycles. The lowest BCUT2D eigenvalue weighted by Crippen LogP contribution is -2.53. The molecular formula is C35H37Cl2N3O4S. The number of anilines is 1. The highest BCUT2D eigenvalue weighted by molar-refractivity contribution is 7.92. The zero-order valence-electron chi connectivity index (χ0n) is 25.5. The number of benzene rings is 4. The molecule has 0 radical (unpaired) electrons. The fourth-order valence-corrected chi connectivity index (χ4v) is 6.63. The van der Waals surface area contributed by atoms with Gasteiger partial charge in [0.25, 0.3) is 10.0 Å². The van der Waals surface area contributed by atoms with Crippen LogP contribution in [0.3, 0.4) is 0 Å². The quantitative estimate of drug-likeness (QED) is 0.168. The maximum Gasteiger partial charge on any atom is 0.264 e. The molecule has 236 valence electrons. The minimum absolute atomic E-state index is 0.0249. The Morgan fingerprint density at radius 2 is 1.40 bits per heavy atom. The number of hydrogen-bond acceptors (Lipinski definition) is 4. The predicted molar refractivity (Wildman–Crippen MR) is 181 cm³/mol. The number of amides is 2. The van der Waals surface area contributed by atoms with Gasteiger partial charge in [-0.1, -0.05) is 104 Å². The lowest BCUT2D eigenvalue weighted by atomic mass is 10.0. The van der Waals surface area contributed by atoms with E-state index in [2.05, 4.69) is 5.32 Å². The summed E-state index contributed by atoms with van der Waals surface area (Å²) in [5.74, 6) is -0.695. The second-order valence-corrected chi connectivity index (χ2v) is 14.0. The van der Waals surface area contributed by atoms with Crippen molar-refractivity contribution >= 4 is 50.7 Å². The Hall–Kier alpha value is -3.85. The van der Waals surface area contributed by atoms with Crippen molar-refractivity contribution in [1.82, 2.24) is 10.2 Å². The van der Waals surface area contributed by atoms with E-state index in [4.69, 9.17) is 23.2 Å². The zero-order chi connectivity index (χ0) is 32.6. The molecular weight excluding hydrogens is 629 g/mol. The van der Waals surface area contributed by atoms with Crippen LogP contribution in [0.15, 0.2) is 108 Å². The smallest absolute Gasteiger partial charge is 0.264 e. The lowest BCUT2D eigenvalue weighted by molar-refractivity contribution is -0.140. The zero-order valence-corrected chi connectivity index (χ0v) is 27.8. The normalized spacial score (nSPS) is 12.0. The van der Waals surface area contributed by atoms with E-state index < -0.39 is 28.5 Å². The Balaban J connectivity index is 1.82. The van der Waals surface area contributed by atoms with Crippen molar-refractivity contribution in [3.63, 3.8) is 0 Å². The molecule has 0 saturated heterocycles. The molecule has 0 bridgehead atoms. The maximum atomic E-state index is 14.5. The van der Waals surface area contributed by atoms with Crippen LogP contribution in [-0.2, 0) is 32.6 Å². The van der Waals surface area contributed by atoms with Crippen molar-refractivity contribution in [3.05, 3.63) is 130 Å². The molecule has 0 aliphatic heterocycles. The van der Waals surface area contributed by atoms with Crippen LogP contribution >= 0.6 is 23.2 Å². The third-order valence-electron chi connectivity index (χ3n) is 7.27. The Labute approximate surface area is 275 Å². The van der Waals surface area contributed by atoms with E-state index in [1.165, 1.54) is 23.1 Å². The third kappa shape index (κ3) is 9.10. The van der Waals surface area contributed by atoms with Gasteiger partial charge >= 0.3 is 0 Å². The average Bonchev–Trinajstić information content (AvgIpc) is 3.03. The third-order valence-corrected chi connectivity index (χ3v) is 9.53. The van der Waals surface area contributed by atoms with Gasteiger partial charge in [0.1, 0.15) is 12.6 Å². The van der Waals surface area contributed by atoms with Gasteiger partial charge in [0.05, 0.1) is 10.6 Å². The van der Waals surface area contributed by atoms with Crippen LogP contribution in [0.4, 0.5) is 5.69 Å². The number of carbonyl (C=O) groups excluding carboxylic acids is 2. The van der Waals surface area contributed by atoms with Crippen molar-refractivity contribution in [2.24, 2.45) is 5.92 Å². The second kappa shape index (κ2) is 15.4. The number of halogens is 2. The summed E-state index contributed by atoms with van der Waals surface area (Å²) >= 11 is 12.5. The van der Waals surface area contributed by atoms with Gasteiger partial charge in [0, 0.05) is 29.6 Å². The van der Waals surface area contributed by atoms with Crippen molar-refractivity contribution in [1.29, 1.82) is 0 Å². The first-order valence-corrected chi connectivity index (χ1v) is 16.8. The molecule has 45 heavy (non-hydrogen) atoms. The number of rotatable bonds is 13. The van der Waals surface area contributed by atoms with Gasteiger partial charge in [-0.25, -0.2) is 8.42 Å². The summed E-state index contributed by atoms with van der Waals surface area (Å²) in [7, 11) is -4.22. The van der Waals surface area contributed by atoms with Gasteiger partial charge in [-0.05, 0) is 65.9 Å². The molecule has 0 saturated carbocycles. The van der Waals surface area contributed by atoms with E-state index in [0.29, 0.717) is 22.2 Å². The maximum absolute atomic E-state index is 14.5.